The number of aryl methyl sites for hydroxylation is 1. The highest BCUT2D eigenvalue weighted by molar-refractivity contribution is 6.12. The van der Waals surface area contributed by atoms with Gasteiger partial charge in [-0.1, -0.05) is 49.6 Å². The number of benzene rings is 3. The smallest absolute Gasteiger partial charge is 0.342 e. The fraction of sp³-hybridized carbons (Fsp3) is 0.375. The van der Waals surface area contributed by atoms with Crippen molar-refractivity contribution in [1.29, 1.82) is 0 Å². The van der Waals surface area contributed by atoms with Gasteiger partial charge in [0, 0.05) is 35.9 Å². The highest BCUT2D eigenvalue weighted by atomic mass is 16.2. The van der Waals surface area contributed by atoms with E-state index in [0.717, 1.165) is 78.1 Å². The molecule has 0 atom stereocenters. The van der Waals surface area contributed by atoms with Gasteiger partial charge >= 0.3 is 6.03 Å². The molecule has 0 bridgehead atoms. The summed E-state index contributed by atoms with van der Waals surface area (Å²) in [5, 5.41) is 10.3. The number of hydrogen-bond donors (Lipinski definition) is 2. The summed E-state index contributed by atoms with van der Waals surface area (Å²) in [7, 11) is 0. The lowest BCUT2D eigenvalue weighted by molar-refractivity contribution is 0.178. The van der Waals surface area contributed by atoms with Gasteiger partial charge in [-0.25, -0.2) is 9.80 Å². The predicted molar refractivity (Wildman–Crippen MR) is 157 cm³/mol. The molecule has 1 saturated heterocycles. The molecule has 2 amide bonds. The van der Waals surface area contributed by atoms with E-state index < -0.39 is 0 Å². The number of nitrogens with one attached hydrogen (secondary N) is 1. The standard InChI is InChI=1S/C32H37N5O/c1-22-20-30-29(21-28(22)23-12-14-25(33)15-13-23)31(24-8-4-2-5-9-24)35-37(32(38)34-30)27-16-18-36(19-17-27)26-10-6-3-7-11-26/h3,6-7,10-15,20-21,24,27H,2,4-5,8-9,16-19,33H2,1H3,(H,34,38). The van der Waals surface area contributed by atoms with Crippen LogP contribution in [-0.4, -0.2) is 35.9 Å². The van der Waals surface area contributed by atoms with Gasteiger partial charge in [0.25, 0.3) is 0 Å². The van der Waals surface area contributed by atoms with E-state index in [9.17, 15) is 4.79 Å². The van der Waals surface area contributed by atoms with E-state index in [1.807, 2.05) is 12.1 Å². The maximum Gasteiger partial charge on any atom is 0.342 e. The third-order valence-corrected chi connectivity index (χ3v) is 8.45. The largest absolute Gasteiger partial charge is 0.399 e. The third kappa shape index (κ3) is 4.87. The molecule has 3 aromatic carbocycles. The van der Waals surface area contributed by atoms with E-state index in [2.05, 4.69) is 71.7 Å². The minimum Gasteiger partial charge on any atom is -0.399 e. The lowest BCUT2D eigenvalue weighted by atomic mass is 9.82. The molecule has 6 rings (SSSR count). The van der Waals surface area contributed by atoms with Crippen LogP contribution in [0.15, 0.2) is 71.8 Å². The number of hydrazone groups is 1. The molecule has 2 heterocycles. The number of fused-ring (bicyclic) bond motifs is 1. The van der Waals surface area contributed by atoms with E-state index in [1.165, 1.54) is 24.9 Å². The van der Waals surface area contributed by atoms with Crippen molar-refractivity contribution in [3.63, 3.8) is 0 Å². The molecule has 0 unspecified atom stereocenters. The van der Waals surface area contributed by atoms with Crippen LogP contribution in [0.4, 0.5) is 21.9 Å². The van der Waals surface area contributed by atoms with Crippen LogP contribution in [0.25, 0.3) is 11.1 Å². The summed E-state index contributed by atoms with van der Waals surface area (Å²) in [6.45, 7) is 3.94. The third-order valence-electron chi connectivity index (χ3n) is 8.45. The number of nitrogens with zero attached hydrogens (tertiary/aromatic N) is 3. The quantitative estimate of drug-likeness (QED) is 0.372. The topological polar surface area (TPSA) is 74.0 Å². The van der Waals surface area contributed by atoms with Crippen molar-refractivity contribution in [2.45, 2.75) is 57.9 Å². The molecule has 1 aliphatic carbocycles. The van der Waals surface area contributed by atoms with Crippen molar-refractivity contribution in [3.05, 3.63) is 77.9 Å². The Labute approximate surface area is 225 Å². The molecule has 6 nitrogen and oxygen atoms in total. The Morgan fingerprint density at radius 3 is 2.29 bits per heavy atom. The second-order valence-corrected chi connectivity index (χ2v) is 11.0. The maximum atomic E-state index is 13.6. The Morgan fingerprint density at radius 1 is 0.868 bits per heavy atom. The predicted octanol–water partition coefficient (Wildman–Crippen LogP) is 7.05. The lowest BCUT2D eigenvalue weighted by Gasteiger charge is -2.37. The van der Waals surface area contributed by atoms with Crippen LogP contribution in [0, 0.1) is 12.8 Å². The van der Waals surface area contributed by atoms with E-state index in [-0.39, 0.29) is 12.1 Å². The molecule has 3 aromatic rings. The van der Waals surface area contributed by atoms with Crippen molar-refractivity contribution in [3.8, 4) is 11.1 Å². The Kier molecular flexibility index (Phi) is 6.79. The number of nitrogen functional groups attached to an aromatic ring is 1. The zero-order valence-corrected chi connectivity index (χ0v) is 22.2. The van der Waals surface area contributed by atoms with Gasteiger partial charge in [-0.05, 0) is 85.7 Å². The van der Waals surface area contributed by atoms with Gasteiger partial charge in [-0.2, -0.15) is 5.10 Å². The average molecular weight is 508 g/mol. The Balaban J connectivity index is 1.35. The first kappa shape index (κ1) is 24.5. The van der Waals surface area contributed by atoms with Gasteiger partial charge in [0.15, 0.2) is 0 Å². The number of carbonyl (C=O) groups excluding carboxylic acids is 1. The Bertz CT molecular complexity index is 1320. The first-order valence-corrected chi connectivity index (χ1v) is 14.1. The first-order valence-electron chi connectivity index (χ1n) is 14.1. The maximum absolute atomic E-state index is 13.6. The minimum absolute atomic E-state index is 0.0838. The number of rotatable bonds is 4. The molecule has 196 valence electrons. The fourth-order valence-corrected chi connectivity index (χ4v) is 6.32. The van der Waals surface area contributed by atoms with Crippen molar-refractivity contribution in [1.82, 2.24) is 5.01 Å². The van der Waals surface area contributed by atoms with Gasteiger partial charge in [0.2, 0.25) is 0 Å². The molecule has 0 aromatic heterocycles. The van der Waals surface area contributed by atoms with Crippen LogP contribution in [0.1, 0.15) is 56.1 Å². The number of para-hydroxylation sites is 1. The molecule has 2 aliphatic heterocycles. The molecule has 0 spiro atoms. The molecule has 2 fully saturated rings. The Hall–Kier alpha value is -3.80. The van der Waals surface area contributed by atoms with Crippen LogP contribution in [-0.2, 0) is 0 Å². The second kappa shape index (κ2) is 10.5. The molecule has 3 N–H and O–H groups in total. The van der Waals surface area contributed by atoms with E-state index >= 15 is 0 Å². The van der Waals surface area contributed by atoms with Crippen LogP contribution >= 0.6 is 0 Å². The van der Waals surface area contributed by atoms with Crippen LogP contribution < -0.4 is 16.0 Å². The van der Waals surface area contributed by atoms with Crippen molar-refractivity contribution < 1.29 is 4.79 Å². The molecule has 6 heteroatoms. The summed E-state index contributed by atoms with van der Waals surface area (Å²) in [6, 6.07) is 22.9. The molecule has 0 radical (unpaired) electrons. The lowest BCUT2D eigenvalue weighted by Crippen LogP contribution is -2.46. The SMILES string of the molecule is Cc1cc2c(cc1-c1ccc(N)cc1)C(C1CCCCC1)=NN(C1CCN(c3ccccc3)CC1)C(=O)N2. The van der Waals surface area contributed by atoms with Gasteiger partial charge in [-0.15, -0.1) is 0 Å². The van der Waals surface area contributed by atoms with E-state index in [1.54, 1.807) is 5.01 Å². The van der Waals surface area contributed by atoms with E-state index in [4.69, 9.17) is 10.8 Å². The van der Waals surface area contributed by atoms with Gasteiger partial charge in [0.05, 0.1) is 17.4 Å². The Morgan fingerprint density at radius 2 is 1.58 bits per heavy atom. The van der Waals surface area contributed by atoms with Crippen LogP contribution in [0.5, 0.6) is 0 Å². The normalized spacial score (nSPS) is 19.0. The molecule has 3 aliphatic rings. The summed E-state index contributed by atoms with van der Waals surface area (Å²) in [6.07, 6.45) is 7.75. The number of hydrogen-bond acceptors (Lipinski definition) is 4. The van der Waals surface area contributed by atoms with Crippen LogP contribution in [0.3, 0.4) is 0 Å². The second-order valence-electron chi connectivity index (χ2n) is 11.0. The number of urea groups is 1. The summed E-state index contributed by atoms with van der Waals surface area (Å²) >= 11 is 0. The summed E-state index contributed by atoms with van der Waals surface area (Å²) < 4.78 is 0. The monoisotopic (exact) mass is 507 g/mol. The van der Waals surface area contributed by atoms with Gasteiger partial charge in [-0.3, -0.25) is 0 Å². The number of anilines is 3. The fourth-order valence-electron chi connectivity index (χ4n) is 6.32. The number of piperidine rings is 1. The number of carbonyl (C=O) groups is 1. The highest BCUT2D eigenvalue weighted by Gasteiger charge is 2.34. The summed E-state index contributed by atoms with van der Waals surface area (Å²) in [5.41, 5.74) is 14.4. The van der Waals surface area contributed by atoms with Crippen molar-refractivity contribution in [2.24, 2.45) is 11.0 Å². The number of amides is 2. The number of nitrogens with two attached hydrogens (primary N) is 1. The summed E-state index contributed by atoms with van der Waals surface area (Å²) in [4.78, 5) is 16.1. The van der Waals surface area contributed by atoms with E-state index in [0.29, 0.717) is 5.92 Å². The van der Waals surface area contributed by atoms with Gasteiger partial charge < -0.3 is 16.0 Å². The molecular formula is C32H37N5O. The molecule has 38 heavy (non-hydrogen) atoms. The average Bonchev–Trinajstić information content (AvgIpc) is 3.09. The zero-order chi connectivity index (χ0) is 26.1. The van der Waals surface area contributed by atoms with Crippen molar-refractivity contribution in [2.75, 3.05) is 29.0 Å². The first-order chi connectivity index (χ1) is 18.6. The minimum atomic E-state index is -0.116. The molecule has 1 saturated carbocycles. The zero-order valence-electron chi connectivity index (χ0n) is 22.2. The summed E-state index contributed by atoms with van der Waals surface area (Å²) in [5.74, 6) is 0.365. The van der Waals surface area contributed by atoms with Crippen LogP contribution in [0.2, 0.25) is 0 Å². The molecular weight excluding hydrogens is 470 g/mol. The van der Waals surface area contributed by atoms with Gasteiger partial charge in [0.1, 0.15) is 0 Å². The van der Waals surface area contributed by atoms with Crippen molar-refractivity contribution >= 4 is 28.8 Å². The highest BCUT2D eigenvalue weighted by Crippen LogP contribution is 2.37.